The summed E-state index contributed by atoms with van der Waals surface area (Å²) in [5, 5.41) is 16.3. The Bertz CT molecular complexity index is 1360. The van der Waals surface area contributed by atoms with Crippen LogP contribution in [0.25, 0.3) is 0 Å². The maximum atomic E-state index is 13.2. The number of methoxy groups -OCH3 is 1. The molecule has 0 aromatic heterocycles. The second-order valence-corrected chi connectivity index (χ2v) is 9.63. The second kappa shape index (κ2) is 12.2. The number of benzene rings is 4. The minimum atomic E-state index is -1.91. The molecule has 1 amide bonds. The van der Waals surface area contributed by atoms with Gasteiger partial charge in [-0.3, -0.25) is 4.79 Å². The fourth-order valence-corrected chi connectivity index (χ4v) is 4.73. The Hall–Kier alpha value is -3.40. The molecule has 0 atom stereocenters. The Morgan fingerprint density at radius 2 is 1.59 bits per heavy atom. The lowest BCUT2D eigenvalue weighted by Crippen LogP contribution is -2.43. The first-order chi connectivity index (χ1) is 17.9. The molecule has 2 N–H and O–H groups in total. The summed E-state index contributed by atoms with van der Waals surface area (Å²) in [5.74, 6) is 0.408. The number of carbonyl (C=O) groups excluding carboxylic acids is 1. The zero-order valence-corrected chi connectivity index (χ0v) is 22.8. The Kier molecular flexibility index (Phi) is 8.81. The van der Waals surface area contributed by atoms with E-state index >= 15 is 0 Å². The largest absolute Gasteiger partial charge is 0.493 e. The van der Waals surface area contributed by atoms with E-state index in [0.717, 1.165) is 9.13 Å². The SMILES string of the molecule is COc1cc(/C=N\NC(=O)C(O)(c2ccccc2)c2ccccc2)cc(I)c1OCc1ccccc1Cl. The van der Waals surface area contributed by atoms with Gasteiger partial charge in [0.1, 0.15) is 6.61 Å². The molecule has 4 aromatic rings. The summed E-state index contributed by atoms with van der Waals surface area (Å²) in [4.78, 5) is 13.2. The molecule has 0 fully saturated rings. The molecule has 0 saturated carbocycles. The van der Waals surface area contributed by atoms with Gasteiger partial charge in [0, 0.05) is 10.6 Å². The zero-order chi connectivity index (χ0) is 26.3. The molecule has 0 aliphatic rings. The van der Waals surface area contributed by atoms with Gasteiger partial charge in [0.15, 0.2) is 17.1 Å². The molecule has 0 spiro atoms. The van der Waals surface area contributed by atoms with E-state index in [4.69, 9.17) is 21.1 Å². The van der Waals surface area contributed by atoms with Crippen LogP contribution in [0.2, 0.25) is 5.02 Å². The number of hydrogen-bond acceptors (Lipinski definition) is 5. The number of hydrazone groups is 1. The molecule has 0 heterocycles. The van der Waals surface area contributed by atoms with Gasteiger partial charge in [0.05, 0.1) is 16.9 Å². The van der Waals surface area contributed by atoms with Crippen LogP contribution in [0, 0.1) is 3.57 Å². The van der Waals surface area contributed by atoms with Crippen LogP contribution in [-0.2, 0) is 17.0 Å². The van der Waals surface area contributed by atoms with E-state index in [-0.39, 0.29) is 6.61 Å². The summed E-state index contributed by atoms with van der Waals surface area (Å²) in [6.07, 6.45) is 1.48. The highest BCUT2D eigenvalue weighted by Gasteiger charge is 2.39. The number of halogens is 2. The van der Waals surface area contributed by atoms with Crippen LogP contribution in [-0.4, -0.2) is 24.3 Å². The number of hydrogen-bond donors (Lipinski definition) is 2. The van der Waals surface area contributed by atoms with Gasteiger partial charge >= 0.3 is 0 Å². The molecule has 4 aromatic carbocycles. The number of aliphatic hydroxyl groups is 1. The molecular formula is C29H24ClIN2O4. The number of rotatable bonds is 9. The molecule has 0 aliphatic carbocycles. The molecule has 0 unspecified atom stereocenters. The minimum absolute atomic E-state index is 0.285. The number of amides is 1. The normalized spacial score (nSPS) is 11.4. The average molecular weight is 627 g/mol. The van der Waals surface area contributed by atoms with Crippen LogP contribution < -0.4 is 14.9 Å². The van der Waals surface area contributed by atoms with Gasteiger partial charge in [-0.1, -0.05) is 90.5 Å². The maximum absolute atomic E-state index is 13.2. The standard InChI is InChI=1S/C29H24ClIN2O4/c1-36-26-17-20(16-25(31)27(26)37-19-21-10-8-9-15-24(21)30)18-32-33-28(34)29(35,22-11-4-2-5-12-22)23-13-6-3-7-14-23/h2-18,35H,19H2,1H3,(H,33,34)/b32-18-. The van der Waals surface area contributed by atoms with Crippen molar-refractivity contribution in [2.45, 2.75) is 12.2 Å². The number of nitrogens with zero attached hydrogens (tertiary/aromatic N) is 1. The van der Waals surface area contributed by atoms with Crippen molar-refractivity contribution in [1.82, 2.24) is 5.43 Å². The van der Waals surface area contributed by atoms with Crippen molar-refractivity contribution in [3.8, 4) is 11.5 Å². The van der Waals surface area contributed by atoms with E-state index in [2.05, 4.69) is 33.1 Å². The molecule has 188 valence electrons. The summed E-state index contributed by atoms with van der Waals surface area (Å²) in [5.41, 5.74) is 2.98. The molecule has 4 rings (SSSR count). The van der Waals surface area contributed by atoms with E-state index in [9.17, 15) is 9.90 Å². The van der Waals surface area contributed by atoms with Crippen LogP contribution in [0.4, 0.5) is 0 Å². The van der Waals surface area contributed by atoms with Crippen molar-refractivity contribution in [3.63, 3.8) is 0 Å². The summed E-state index contributed by atoms with van der Waals surface area (Å²) in [6, 6.07) is 28.6. The van der Waals surface area contributed by atoms with Gasteiger partial charge in [-0.2, -0.15) is 5.10 Å². The van der Waals surface area contributed by atoms with Gasteiger partial charge in [0.2, 0.25) is 0 Å². The molecule has 37 heavy (non-hydrogen) atoms. The molecule has 0 radical (unpaired) electrons. The number of carbonyl (C=O) groups is 1. The third kappa shape index (κ3) is 6.12. The predicted molar refractivity (Wildman–Crippen MR) is 153 cm³/mol. The first-order valence-corrected chi connectivity index (χ1v) is 12.8. The highest BCUT2D eigenvalue weighted by Crippen LogP contribution is 2.35. The van der Waals surface area contributed by atoms with E-state index in [1.54, 1.807) is 61.7 Å². The topological polar surface area (TPSA) is 80.2 Å². The van der Waals surface area contributed by atoms with Crippen LogP contribution in [0.3, 0.4) is 0 Å². The van der Waals surface area contributed by atoms with E-state index in [0.29, 0.717) is 33.2 Å². The summed E-state index contributed by atoms with van der Waals surface area (Å²) in [6.45, 7) is 0.285. The van der Waals surface area contributed by atoms with Gasteiger partial charge in [0.25, 0.3) is 5.91 Å². The van der Waals surface area contributed by atoms with Crippen LogP contribution in [0.5, 0.6) is 11.5 Å². The lowest BCUT2D eigenvalue weighted by Gasteiger charge is -2.27. The van der Waals surface area contributed by atoms with Crippen molar-refractivity contribution in [3.05, 3.63) is 128 Å². The number of ether oxygens (including phenoxy) is 2. The Labute approximate surface area is 234 Å². The minimum Gasteiger partial charge on any atom is -0.493 e. The van der Waals surface area contributed by atoms with Gasteiger partial charge in [-0.05, 0) is 57.5 Å². The summed E-state index contributed by atoms with van der Waals surface area (Å²) >= 11 is 8.39. The van der Waals surface area contributed by atoms with Crippen molar-refractivity contribution in [2.24, 2.45) is 5.10 Å². The lowest BCUT2D eigenvalue weighted by molar-refractivity contribution is -0.136. The second-order valence-electron chi connectivity index (χ2n) is 8.06. The van der Waals surface area contributed by atoms with Crippen molar-refractivity contribution >= 4 is 46.3 Å². The predicted octanol–water partition coefficient (Wildman–Crippen LogP) is 5.92. The Morgan fingerprint density at radius 3 is 2.19 bits per heavy atom. The molecule has 8 heteroatoms. The lowest BCUT2D eigenvalue weighted by atomic mass is 9.85. The highest BCUT2D eigenvalue weighted by molar-refractivity contribution is 14.1. The summed E-state index contributed by atoms with van der Waals surface area (Å²) in [7, 11) is 1.55. The first kappa shape index (κ1) is 26.7. The monoisotopic (exact) mass is 626 g/mol. The van der Waals surface area contributed by atoms with Crippen molar-refractivity contribution < 1.29 is 19.4 Å². The molecule has 0 aliphatic heterocycles. The van der Waals surface area contributed by atoms with E-state index in [1.165, 1.54) is 6.21 Å². The molecule has 6 nitrogen and oxygen atoms in total. The third-order valence-corrected chi connectivity index (χ3v) is 6.84. The molecular weight excluding hydrogens is 603 g/mol. The molecule has 0 bridgehead atoms. The Morgan fingerprint density at radius 1 is 1.00 bits per heavy atom. The van der Waals surface area contributed by atoms with Crippen LogP contribution >= 0.6 is 34.2 Å². The van der Waals surface area contributed by atoms with Gasteiger partial charge in [-0.25, -0.2) is 5.43 Å². The van der Waals surface area contributed by atoms with Crippen LogP contribution in [0.15, 0.2) is 102 Å². The van der Waals surface area contributed by atoms with Crippen molar-refractivity contribution in [1.29, 1.82) is 0 Å². The third-order valence-electron chi connectivity index (χ3n) is 5.67. The molecule has 0 saturated heterocycles. The Balaban J connectivity index is 1.53. The highest BCUT2D eigenvalue weighted by atomic mass is 127. The number of nitrogens with one attached hydrogen (secondary N) is 1. The maximum Gasteiger partial charge on any atom is 0.281 e. The quantitative estimate of drug-likeness (QED) is 0.137. The smallest absolute Gasteiger partial charge is 0.281 e. The fraction of sp³-hybridized carbons (Fsp3) is 0.103. The summed E-state index contributed by atoms with van der Waals surface area (Å²) < 4.78 is 12.3. The van der Waals surface area contributed by atoms with E-state index < -0.39 is 11.5 Å². The van der Waals surface area contributed by atoms with Crippen molar-refractivity contribution in [2.75, 3.05) is 7.11 Å². The van der Waals surface area contributed by atoms with Gasteiger partial charge < -0.3 is 14.6 Å². The van der Waals surface area contributed by atoms with E-state index in [1.807, 2.05) is 42.5 Å². The zero-order valence-electron chi connectivity index (χ0n) is 19.9. The average Bonchev–Trinajstić information content (AvgIpc) is 2.93. The van der Waals surface area contributed by atoms with Crippen LogP contribution in [0.1, 0.15) is 22.3 Å². The van der Waals surface area contributed by atoms with Gasteiger partial charge in [-0.15, -0.1) is 0 Å². The first-order valence-electron chi connectivity index (χ1n) is 11.3. The fourth-order valence-electron chi connectivity index (χ4n) is 3.75.